The van der Waals surface area contributed by atoms with Crippen LogP contribution in [0.15, 0.2) is 11.6 Å². The minimum Gasteiger partial charge on any atom is -0.387 e. The van der Waals surface area contributed by atoms with E-state index in [-0.39, 0.29) is 5.41 Å². The smallest absolute Gasteiger partial charge is 0.0910 e. The van der Waals surface area contributed by atoms with Crippen LogP contribution in [-0.2, 0) is 9.47 Å². The molecule has 0 bridgehead atoms. The van der Waals surface area contributed by atoms with Gasteiger partial charge in [-0.2, -0.15) is 0 Å². The Morgan fingerprint density at radius 2 is 1.54 bits per heavy atom. The van der Waals surface area contributed by atoms with Gasteiger partial charge in [-0.05, 0) is 144 Å². The molecule has 214 valence electrons. The van der Waals surface area contributed by atoms with Crippen LogP contribution in [0.3, 0.4) is 0 Å². The summed E-state index contributed by atoms with van der Waals surface area (Å²) in [6.07, 6.45) is 16.3. The Balaban J connectivity index is 1.53. The molecule has 0 aromatic carbocycles. The van der Waals surface area contributed by atoms with E-state index in [1.807, 2.05) is 0 Å². The summed E-state index contributed by atoms with van der Waals surface area (Å²) >= 11 is 0. The zero-order valence-electron chi connectivity index (χ0n) is 25.9. The summed E-state index contributed by atoms with van der Waals surface area (Å²) in [5, 5.41) is 12.1. The maximum atomic E-state index is 12.1. The summed E-state index contributed by atoms with van der Waals surface area (Å²) in [6, 6.07) is 0. The second-order valence-electron chi connectivity index (χ2n) is 15.4. The van der Waals surface area contributed by atoms with E-state index >= 15 is 0 Å². The molecule has 4 saturated carbocycles. The lowest BCUT2D eigenvalue weighted by Crippen LogP contribution is -2.61. The van der Waals surface area contributed by atoms with Crippen LogP contribution in [-0.4, -0.2) is 36.6 Å². The van der Waals surface area contributed by atoms with Crippen LogP contribution in [0, 0.1) is 45.8 Å². The second kappa shape index (κ2) is 10.9. The summed E-state index contributed by atoms with van der Waals surface area (Å²) in [7, 11) is 1.77. The molecule has 37 heavy (non-hydrogen) atoms. The summed E-state index contributed by atoms with van der Waals surface area (Å²) in [4.78, 5) is 0. The van der Waals surface area contributed by atoms with Crippen molar-refractivity contribution in [3.8, 4) is 0 Å². The van der Waals surface area contributed by atoms with Gasteiger partial charge in [-0.25, -0.2) is 0 Å². The van der Waals surface area contributed by atoms with Crippen molar-refractivity contribution in [3.63, 3.8) is 0 Å². The fourth-order valence-electron chi connectivity index (χ4n) is 10.8. The molecule has 0 aliphatic heterocycles. The topological polar surface area (TPSA) is 38.7 Å². The molecule has 4 aliphatic rings. The highest BCUT2D eigenvalue weighted by atomic mass is 16.5. The average molecular weight is 517 g/mol. The summed E-state index contributed by atoms with van der Waals surface area (Å²) in [5.41, 5.74) is 1.71. The highest BCUT2D eigenvalue weighted by Crippen LogP contribution is 2.71. The van der Waals surface area contributed by atoms with E-state index in [1.165, 1.54) is 56.9 Å². The Kier molecular flexibility index (Phi) is 8.71. The standard InChI is InChI=1S/C34H60O3/c1-23(2)12-10-11-19-34(35,22-36-9)28-17-20-32(7)25-15-16-29-31(5,6)30(37-24(3)4)18-21-33(29,8)26(25)13-14-27(28)32/h12,24-30,35H,10-11,13-22H2,1-9H3/t25-,26?,27-,28?,29?,30+,32?,33-,34?/m1/s1. The van der Waals surface area contributed by atoms with Crippen LogP contribution in [0.2, 0.25) is 0 Å². The van der Waals surface area contributed by atoms with E-state index < -0.39 is 5.60 Å². The van der Waals surface area contributed by atoms with E-state index in [2.05, 4.69) is 61.5 Å². The molecular formula is C34H60O3. The normalized spacial score (nSPS) is 42.5. The molecule has 3 nitrogen and oxygen atoms in total. The van der Waals surface area contributed by atoms with Gasteiger partial charge in [0.05, 0.1) is 24.4 Å². The minimum absolute atomic E-state index is 0.238. The van der Waals surface area contributed by atoms with Gasteiger partial charge in [0, 0.05) is 7.11 Å². The van der Waals surface area contributed by atoms with Crippen molar-refractivity contribution in [3.05, 3.63) is 11.6 Å². The number of hydrogen-bond acceptors (Lipinski definition) is 3. The van der Waals surface area contributed by atoms with Crippen LogP contribution < -0.4 is 0 Å². The first kappa shape index (κ1) is 29.6. The van der Waals surface area contributed by atoms with Crippen LogP contribution in [0.25, 0.3) is 0 Å². The second-order valence-corrected chi connectivity index (χ2v) is 15.4. The zero-order valence-corrected chi connectivity index (χ0v) is 25.9. The number of unbranched alkanes of at least 4 members (excludes halogenated alkanes) is 1. The number of allylic oxidation sites excluding steroid dienone is 2. The molecule has 0 aromatic heterocycles. The largest absolute Gasteiger partial charge is 0.387 e. The van der Waals surface area contributed by atoms with Crippen molar-refractivity contribution in [2.45, 2.75) is 144 Å². The van der Waals surface area contributed by atoms with Crippen molar-refractivity contribution in [2.24, 2.45) is 45.8 Å². The third-order valence-corrected chi connectivity index (χ3v) is 12.4. The SMILES string of the molecule is COCC(O)(CCCC=C(C)C)C1CCC2(C)[C@@H]1CCC1[C@H]2CCC2C(C)(C)[C@@H](OC(C)C)CC[C@]12C. The molecule has 0 aromatic rings. The average Bonchev–Trinajstić information content (AvgIpc) is 3.17. The van der Waals surface area contributed by atoms with Gasteiger partial charge in [-0.3, -0.25) is 0 Å². The van der Waals surface area contributed by atoms with Crippen LogP contribution in [0.4, 0.5) is 0 Å². The number of aliphatic hydroxyl groups is 1. The maximum Gasteiger partial charge on any atom is 0.0910 e. The number of rotatable bonds is 9. The number of ether oxygens (including phenoxy) is 2. The number of hydrogen-bond donors (Lipinski definition) is 1. The summed E-state index contributed by atoms with van der Waals surface area (Å²) < 4.78 is 12.2. The van der Waals surface area contributed by atoms with Crippen molar-refractivity contribution in [1.82, 2.24) is 0 Å². The van der Waals surface area contributed by atoms with Crippen LogP contribution >= 0.6 is 0 Å². The van der Waals surface area contributed by atoms with Crippen molar-refractivity contribution < 1.29 is 14.6 Å². The Bertz CT molecular complexity index is 812. The van der Waals surface area contributed by atoms with E-state index in [9.17, 15) is 5.11 Å². The molecule has 4 fully saturated rings. The third kappa shape index (κ3) is 5.24. The minimum atomic E-state index is -0.686. The predicted octanol–water partition coefficient (Wildman–Crippen LogP) is 8.59. The van der Waals surface area contributed by atoms with E-state index in [0.717, 1.165) is 37.0 Å². The molecule has 0 spiro atoms. The molecule has 3 heteroatoms. The van der Waals surface area contributed by atoms with Gasteiger partial charge in [0.25, 0.3) is 0 Å². The highest BCUT2D eigenvalue weighted by molar-refractivity contribution is 5.14. The Morgan fingerprint density at radius 3 is 2.19 bits per heavy atom. The molecule has 4 aliphatic carbocycles. The third-order valence-electron chi connectivity index (χ3n) is 12.4. The van der Waals surface area contributed by atoms with Gasteiger partial charge in [-0.15, -0.1) is 0 Å². The van der Waals surface area contributed by atoms with Gasteiger partial charge in [-0.1, -0.05) is 39.3 Å². The van der Waals surface area contributed by atoms with Crippen LogP contribution in [0.5, 0.6) is 0 Å². The first-order valence-electron chi connectivity index (χ1n) is 15.8. The maximum absolute atomic E-state index is 12.1. The van der Waals surface area contributed by atoms with Gasteiger partial charge >= 0.3 is 0 Å². The lowest BCUT2D eigenvalue weighted by atomic mass is 9.40. The van der Waals surface area contributed by atoms with Gasteiger partial charge in [0.15, 0.2) is 0 Å². The fourth-order valence-corrected chi connectivity index (χ4v) is 10.8. The first-order chi connectivity index (χ1) is 17.3. The van der Waals surface area contributed by atoms with Gasteiger partial charge in [0.1, 0.15) is 0 Å². The molecular weight excluding hydrogens is 456 g/mol. The van der Waals surface area contributed by atoms with E-state index in [1.54, 1.807) is 7.11 Å². The Hall–Kier alpha value is -0.380. The van der Waals surface area contributed by atoms with Crippen molar-refractivity contribution in [2.75, 3.05) is 13.7 Å². The molecule has 0 saturated heterocycles. The van der Waals surface area contributed by atoms with Crippen molar-refractivity contribution in [1.29, 1.82) is 0 Å². The van der Waals surface area contributed by atoms with E-state index in [0.29, 0.717) is 41.5 Å². The lowest BCUT2D eigenvalue weighted by molar-refractivity contribution is -0.205. The summed E-state index contributed by atoms with van der Waals surface area (Å²) in [6.45, 7) is 19.6. The van der Waals surface area contributed by atoms with E-state index in [4.69, 9.17) is 9.47 Å². The zero-order chi connectivity index (χ0) is 27.2. The molecule has 1 N–H and O–H groups in total. The number of fused-ring (bicyclic) bond motifs is 5. The number of methoxy groups -OCH3 is 1. The van der Waals surface area contributed by atoms with Gasteiger partial charge in [0.2, 0.25) is 0 Å². The Morgan fingerprint density at radius 1 is 0.919 bits per heavy atom. The monoisotopic (exact) mass is 516 g/mol. The molecule has 0 radical (unpaired) electrons. The fraction of sp³-hybridized carbons (Fsp3) is 0.941. The molecule has 5 unspecified atom stereocenters. The Labute approximate surface area is 229 Å². The quantitative estimate of drug-likeness (QED) is 0.246. The molecule has 9 atom stereocenters. The highest BCUT2D eigenvalue weighted by Gasteiger charge is 2.65. The molecule has 0 heterocycles. The summed E-state index contributed by atoms with van der Waals surface area (Å²) in [5.74, 6) is 3.37. The lowest BCUT2D eigenvalue weighted by Gasteiger charge is -2.66. The molecule has 0 amide bonds. The molecule has 4 rings (SSSR count). The van der Waals surface area contributed by atoms with Crippen LogP contribution in [0.1, 0.15) is 126 Å². The van der Waals surface area contributed by atoms with Crippen molar-refractivity contribution >= 4 is 0 Å². The van der Waals surface area contributed by atoms with Gasteiger partial charge < -0.3 is 14.6 Å². The first-order valence-corrected chi connectivity index (χ1v) is 15.8. The predicted molar refractivity (Wildman–Crippen MR) is 154 cm³/mol.